The largest absolute Gasteiger partial charge is 0.453 e. The number of esters is 1. The molecule has 0 saturated carbocycles. The number of imide groups is 1. The number of ether oxygens (including phenoxy) is 1. The molecule has 0 aliphatic carbocycles. The highest BCUT2D eigenvalue weighted by atomic mass is 16.5. The molecule has 0 spiro atoms. The number of nitrogens with one attached hydrogen (secondary N) is 2. The summed E-state index contributed by atoms with van der Waals surface area (Å²) in [5.41, 5.74) is 2.05. The average molecular weight is 373 g/mol. The van der Waals surface area contributed by atoms with Gasteiger partial charge in [-0.25, -0.2) is 9.78 Å². The normalized spacial score (nSPS) is 11.5. The molecule has 0 fully saturated rings. The Hall–Kier alpha value is -3.16. The SMILES string of the molecule is CCNC(=O)NC(=O)[C@@H](C)OC(=O)CCc1ncc(-c2ccc(C)cc2)o1. The Bertz CT molecular complexity index is 798. The van der Waals surface area contributed by atoms with Crippen LogP contribution in [-0.4, -0.2) is 35.5 Å². The van der Waals surface area contributed by atoms with E-state index in [4.69, 9.17) is 9.15 Å². The highest BCUT2D eigenvalue weighted by Gasteiger charge is 2.20. The highest BCUT2D eigenvalue weighted by molar-refractivity contribution is 5.97. The van der Waals surface area contributed by atoms with E-state index < -0.39 is 24.0 Å². The van der Waals surface area contributed by atoms with Crippen molar-refractivity contribution in [2.24, 2.45) is 0 Å². The van der Waals surface area contributed by atoms with Gasteiger partial charge < -0.3 is 14.5 Å². The lowest BCUT2D eigenvalue weighted by molar-refractivity contribution is -0.154. The van der Waals surface area contributed by atoms with Crippen molar-refractivity contribution in [2.45, 2.75) is 39.7 Å². The fourth-order valence-corrected chi connectivity index (χ4v) is 2.21. The van der Waals surface area contributed by atoms with Crippen LogP contribution in [0, 0.1) is 6.92 Å². The molecule has 0 aliphatic rings. The predicted octanol–water partition coefficient (Wildman–Crippen LogP) is 2.36. The quantitative estimate of drug-likeness (QED) is 0.721. The Kier molecular flexibility index (Phi) is 7.10. The zero-order valence-electron chi connectivity index (χ0n) is 15.6. The summed E-state index contributed by atoms with van der Waals surface area (Å²) >= 11 is 0. The van der Waals surface area contributed by atoms with E-state index in [0.717, 1.165) is 11.1 Å². The van der Waals surface area contributed by atoms with Crippen LogP contribution in [0.5, 0.6) is 0 Å². The third-order valence-electron chi connectivity index (χ3n) is 3.68. The van der Waals surface area contributed by atoms with E-state index in [9.17, 15) is 14.4 Å². The minimum atomic E-state index is -1.08. The van der Waals surface area contributed by atoms with Crippen LogP contribution >= 0.6 is 0 Å². The second-order valence-electron chi connectivity index (χ2n) is 5.97. The third kappa shape index (κ3) is 6.25. The van der Waals surface area contributed by atoms with Crippen LogP contribution in [0.15, 0.2) is 34.9 Å². The van der Waals surface area contributed by atoms with Gasteiger partial charge in [0.15, 0.2) is 17.8 Å². The van der Waals surface area contributed by atoms with Crippen molar-refractivity contribution in [2.75, 3.05) is 6.54 Å². The summed E-state index contributed by atoms with van der Waals surface area (Å²) in [4.78, 5) is 39.1. The van der Waals surface area contributed by atoms with Gasteiger partial charge in [-0.3, -0.25) is 14.9 Å². The van der Waals surface area contributed by atoms with Crippen LogP contribution in [0.1, 0.15) is 31.7 Å². The first-order valence-electron chi connectivity index (χ1n) is 8.69. The maximum Gasteiger partial charge on any atom is 0.321 e. The molecule has 1 heterocycles. The number of carbonyl (C=O) groups excluding carboxylic acids is 3. The Morgan fingerprint density at radius 1 is 1.22 bits per heavy atom. The maximum atomic E-state index is 11.9. The van der Waals surface area contributed by atoms with Gasteiger partial charge in [-0.15, -0.1) is 0 Å². The van der Waals surface area contributed by atoms with Crippen LogP contribution in [0.4, 0.5) is 4.79 Å². The summed E-state index contributed by atoms with van der Waals surface area (Å²) in [7, 11) is 0. The van der Waals surface area contributed by atoms with Crippen molar-refractivity contribution in [1.29, 1.82) is 0 Å². The number of aromatic nitrogens is 1. The Balaban J connectivity index is 1.81. The second kappa shape index (κ2) is 9.51. The molecular weight excluding hydrogens is 350 g/mol. The van der Waals surface area contributed by atoms with Gasteiger partial charge in [-0.2, -0.15) is 0 Å². The number of urea groups is 1. The lowest BCUT2D eigenvalue weighted by Crippen LogP contribution is -2.44. The topological polar surface area (TPSA) is 111 Å². The first kappa shape index (κ1) is 20.2. The van der Waals surface area contributed by atoms with Gasteiger partial charge in [-0.1, -0.05) is 29.8 Å². The Labute approximate surface area is 157 Å². The number of nitrogens with zero attached hydrogens (tertiary/aromatic N) is 1. The molecule has 27 heavy (non-hydrogen) atoms. The van der Waals surface area contributed by atoms with E-state index in [1.165, 1.54) is 6.92 Å². The number of aryl methyl sites for hydroxylation is 2. The first-order chi connectivity index (χ1) is 12.9. The monoisotopic (exact) mass is 373 g/mol. The summed E-state index contributed by atoms with van der Waals surface area (Å²) in [5, 5.41) is 4.51. The number of carbonyl (C=O) groups is 3. The summed E-state index contributed by atoms with van der Waals surface area (Å²) in [6, 6.07) is 7.18. The maximum absolute atomic E-state index is 11.9. The van der Waals surface area contributed by atoms with E-state index in [1.807, 2.05) is 31.2 Å². The Morgan fingerprint density at radius 2 is 1.93 bits per heavy atom. The average Bonchev–Trinajstić information content (AvgIpc) is 3.09. The van der Waals surface area contributed by atoms with Crippen molar-refractivity contribution >= 4 is 17.9 Å². The molecule has 8 heteroatoms. The van der Waals surface area contributed by atoms with Crippen LogP contribution in [0.3, 0.4) is 0 Å². The molecule has 8 nitrogen and oxygen atoms in total. The van der Waals surface area contributed by atoms with Gasteiger partial charge in [0.1, 0.15) is 0 Å². The molecule has 2 rings (SSSR count). The zero-order valence-corrected chi connectivity index (χ0v) is 15.6. The zero-order chi connectivity index (χ0) is 19.8. The van der Waals surface area contributed by atoms with Gasteiger partial charge in [0.25, 0.3) is 5.91 Å². The standard InChI is InChI=1S/C19H23N3O5/c1-4-20-19(25)22-18(24)13(3)26-17(23)10-9-16-21-11-15(27-16)14-7-5-12(2)6-8-14/h5-8,11,13H,4,9-10H2,1-3H3,(H2,20,22,24,25)/t13-/m1/s1. The van der Waals surface area contributed by atoms with E-state index in [-0.39, 0.29) is 12.8 Å². The molecule has 2 aromatic rings. The van der Waals surface area contributed by atoms with Crippen LogP contribution in [-0.2, 0) is 20.7 Å². The minimum Gasteiger partial charge on any atom is -0.453 e. The van der Waals surface area contributed by atoms with E-state index in [2.05, 4.69) is 15.6 Å². The number of hydrogen-bond acceptors (Lipinski definition) is 6. The van der Waals surface area contributed by atoms with E-state index >= 15 is 0 Å². The second-order valence-corrected chi connectivity index (χ2v) is 5.97. The fraction of sp³-hybridized carbons (Fsp3) is 0.368. The van der Waals surface area contributed by atoms with Crippen LogP contribution in [0.2, 0.25) is 0 Å². The minimum absolute atomic E-state index is 0.00657. The summed E-state index contributed by atoms with van der Waals surface area (Å²) in [5.74, 6) is -0.245. The molecule has 0 radical (unpaired) electrons. The molecule has 0 aliphatic heterocycles. The fourth-order valence-electron chi connectivity index (χ4n) is 2.21. The van der Waals surface area contributed by atoms with Crippen molar-refractivity contribution in [3.8, 4) is 11.3 Å². The smallest absolute Gasteiger partial charge is 0.321 e. The molecule has 1 aromatic carbocycles. The van der Waals surface area contributed by atoms with Crippen LogP contribution in [0.25, 0.3) is 11.3 Å². The molecule has 1 atom stereocenters. The summed E-state index contributed by atoms with van der Waals surface area (Å²) < 4.78 is 10.7. The van der Waals surface area contributed by atoms with Crippen molar-refractivity contribution in [3.63, 3.8) is 0 Å². The van der Waals surface area contributed by atoms with Gasteiger partial charge in [0, 0.05) is 18.5 Å². The van der Waals surface area contributed by atoms with Gasteiger partial charge in [0.05, 0.1) is 12.6 Å². The Morgan fingerprint density at radius 3 is 2.59 bits per heavy atom. The lowest BCUT2D eigenvalue weighted by atomic mass is 10.1. The van der Waals surface area contributed by atoms with Crippen molar-refractivity contribution < 1.29 is 23.5 Å². The molecule has 144 valence electrons. The number of benzene rings is 1. The third-order valence-corrected chi connectivity index (χ3v) is 3.68. The van der Waals surface area contributed by atoms with Gasteiger partial charge in [-0.05, 0) is 20.8 Å². The van der Waals surface area contributed by atoms with Crippen LogP contribution < -0.4 is 10.6 Å². The first-order valence-corrected chi connectivity index (χ1v) is 8.69. The van der Waals surface area contributed by atoms with E-state index in [0.29, 0.717) is 18.2 Å². The summed E-state index contributed by atoms with van der Waals surface area (Å²) in [6.07, 6.45) is 0.781. The lowest BCUT2D eigenvalue weighted by Gasteiger charge is -2.12. The summed E-state index contributed by atoms with van der Waals surface area (Å²) in [6.45, 7) is 5.50. The van der Waals surface area contributed by atoms with Gasteiger partial charge in [0.2, 0.25) is 0 Å². The van der Waals surface area contributed by atoms with E-state index in [1.54, 1.807) is 13.1 Å². The number of oxazole rings is 1. The number of rotatable bonds is 7. The molecule has 1 aromatic heterocycles. The highest BCUT2D eigenvalue weighted by Crippen LogP contribution is 2.21. The number of hydrogen-bond donors (Lipinski definition) is 2. The molecular formula is C19H23N3O5. The predicted molar refractivity (Wildman–Crippen MR) is 97.8 cm³/mol. The molecule has 0 unspecified atom stereocenters. The molecule has 0 saturated heterocycles. The molecule has 2 N–H and O–H groups in total. The van der Waals surface area contributed by atoms with Crippen molar-refractivity contribution in [1.82, 2.24) is 15.6 Å². The van der Waals surface area contributed by atoms with Crippen molar-refractivity contribution in [3.05, 3.63) is 41.9 Å². The van der Waals surface area contributed by atoms with Gasteiger partial charge >= 0.3 is 12.0 Å². The number of amides is 3. The molecule has 0 bridgehead atoms. The molecule has 3 amide bonds.